The van der Waals surface area contributed by atoms with Crippen LogP contribution in [0.3, 0.4) is 0 Å². The molecule has 9 nitrogen and oxygen atoms in total. The van der Waals surface area contributed by atoms with Crippen LogP contribution in [0.4, 0.5) is 4.39 Å². The molecule has 168 valence electrons. The number of benzene rings is 1. The molecule has 3 aromatic rings. The highest BCUT2D eigenvalue weighted by molar-refractivity contribution is 7.46. The zero-order chi connectivity index (χ0) is 22.7. The van der Waals surface area contributed by atoms with Gasteiger partial charge < -0.3 is 29.4 Å². The molecule has 1 unspecified atom stereocenters. The molecule has 1 atom stereocenters. The molecular weight excluding hydrogens is 440 g/mol. The van der Waals surface area contributed by atoms with E-state index in [4.69, 9.17) is 24.5 Å². The second-order valence-electron chi connectivity index (χ2n) is 7.23. The van der Waals surface area contributed by atoms with Crippen LogP contribution in [0.15, 0.2) is 69.8 Å². The Morgan fingerprint density at radius 2 is 1.88 bits per heavy atom. The van der Waals surface area contributed by atoms with Crippen LogP contribution >= 0.6 is 7.82 Å². The van der Waals surface area contributed by atoms with Gasteiger partial charge >= 0.3 is 7.82 Å². The molecule has 1 aliphatic rings. The highest BCUT2D eigenvalue weighted by Crippen LogP contribution is 2.36. The third kappa shape index (κ3) is 5.61. The first-order valence-electron chi connectivity index (χ1n) is 9.64. The van der Waals surface area contributed by atoms with E-state index in [-0.39, 0.29) is 6.73 Å². The molecule has 0 aliphatic carbocycles. The Kier molecular flexibility index (Phi) is 6.40. The molecular formula is C21H21FN3O6P. The maximum Gasteiger partial charge on any atom is 0.471 e. The van der Waals surface area contributed by atoms with Gasteiger partial charge in [0, 0.05) is 36.7 Å². The number of halogens is 1. The molecule has 0 amide bonds. The normalized spacial score (nSPS) is 16.4. The van der Waals surface area contributed by atoms with Gasteiger partial charge in [0.15, 0.2) is 5.76 Å². The van der Waals surface area contributed by atoms with Gasteiger partial charge in [-0.2, -0.15) is 4.39 Å². The van der Waals surface area contributed by atoms with Crippen LogP contribution in [0.25, 0.3) is 5.57 Å². The SMILES string of the molecule is NC1C(c2cc(Cc3ccc(Cc4ccc(F)o4)cc3)no2)=CC=CN1COP(=O)(O)O. The Morgan fingerprint density at radius 3 is 2.53 bits per heavy atom. The third-order valence-corrected chi connectivity index (χ3v) is 5.31. The summed E-state index contributed by atoms with van der Waals surface area (Å²) in [6.07, 6.45) is 5.30. The van der Waals surface area contributed by atoms with Crippen molar-refractivity contribution in [3.63, 3.8) is 0 Å². The van der Waals surface area contributed by atoms with Gasteiger partial charge in [0.25, 0.3) is 6.01 Å². The Labute approximate surface area is 182 Å². The minimum Gasteiger partial charge on any atom is -0.436 e. The van der Waals surface area contributed by atoms with Gasteiger partial charge in [-0.3, -0.25) is 4.52 Å². The first-order chi connectivity index (χ1) is 15.3. The number of nitrogens with zero attached hydrogens (tertiary/aromatic N) is 2. The summed E-state index contributed by atoms with van der Waals surface area (Å²) in [6.45, 7) is -0.378. The number of hydrogen-bond acceptors (Lipinski definition) is 7. The molecule has 0 radical (unpaired) electrons. The van der Waals surface area contributed by atoms with Crippen molar-refractivity contribution in [1.82, 2.24) is 10.1 Å². The fraction of sp³-hybridized carbons (Fsp3) is 0.190. The summed E-state index contributed by atoms with van der Waals surface area (Å²) < 4.78 is 38.8. The summed E-state index contributed by atoms with van der Waals surface area (Å²) in [4.78, 5) is 19.2. The molecule has 0 spiro atoms. The molecule has 1 aromatic carbocycles. The van der Waals surface area contributed by atoms with Gasteiger partial charge in [0.2, 0.25) is 0 Å². The van der Waals surface area contributed by atoms with Crippen LogP contribution in [0.5, 0.6) is 0 Å². The van der Waals surface area contributed by atoms with Crippen molar-refractivity contribution in [3.8, 4) is 0 Å². The average Bonchev–Trinajstić information content (AvgIpc) is 3.37. The highest BCUT2D eigenvalue weighted by Gasteiger charge is 2.25. The van der Waals surface area contributed by atoms with Gasteiger partial charge in [-0.25, -0.2) is 4.57 Å². The smallest absolute Gasteiger partial charge is 0.436 e. The lowest BCUT2D eigenvalue weighted by molar-refractivity contribution is 0.110. The van der Waals surface area contributed by atoms with Gasteiger partial charge in [0.05, 0.1) is 5.69 Å². The summed E-state index contributed by atoms with van der Waals surface area (Å²) in [5, 5.41) is 4.10. The number of furan rings is 1. The second-order valence-corrected chi connectivity index (χ2v) is 8.47. The predicted octanol–water partition coefficient (Wildman–Crippen LogP) is 3.15. The zero-order valence-electron chi connectivity index (χ0n) is 16.8. The predicted molar refractivity (Wildman–Crippen MR) is 112 cm³/mol. The summed E-state index contributed by atoms with van der Waals surface area (Å²) in [6, 6.07) is 11.9. The number of allylic oxidation sites excluding steroid dienone is 2. The van der Waals surface area contributed by atoms with Gasteiger partial charge in [-0.15, -0.1) is 0 Å². The molecule has 0 saturated heterocycles. The summed E-state index contributed by atoms with van der Waals surface area (Å²) in [5.74, 6) is 1.01. The second kappa shape index (κ2) is 9.23. The van der Waals surface area contributed by atoms with Crippen molar-refractivity contribution in [2.45, 2.75) is 19.0 Å². The number of rotatable bonds is 8. The van der Waals surface area contributed by atoms with Crippen molar-refractivity contribution in [2.24, 2.45) is 5.73 Å². The Bertz CT molecular complexity index is 1180. The van der Waals surface area contributed by atoms with Crippen LogP contribution in [-0.2, 0) is 21.9 Å². The minimum absolute atomic E-state index is 0.378. The number of hydrogen-bond donors (Lipinski definition) is 3. The fourth-order valence-electron chi connectivity index (χ4n) is 3.28. The number of nitrogens with two attached hydrogens (primary N) is 1. The monoisotopic (exact) mass is 461 g/mol. The summed E-state index contributed by atoms with van der Waals surface area (Å²) in [7, 11) is -4.62. The van der Waals surface area contributed by atoms with Crippen LogP contribution in [0.2, 0.25) is 0 Å². The van der Waals surface area contributed by atoms with E-state index in [9.17, 15) is 8.96 Å². The number of phosphoric acid groups is 1. The van der Waals surface area contributed by atoms with Gasteiger partial charge in [-0.1, -0.05) is 35.5 Å². The van der Waals surface area contributed by atoms with Crippen molar-refractivity contribution in [3.05, 3.63) is 95.2 Å². The Hall–Kier alpha value is -3.01. The van der Waals surface area contributed by atoms with Gasteiger partial charge in [0.1, 0.15) is 18.7 Å². The Morgan fingerprint density at radius 1 is 1.16 bits per heavy atom. The van der Waals surface area contributed by atoms with Crippen molar-refractivity contribution in [2.75, 3.05) is 6.73 Å². The highest BCUT2D eigenvalue weighted by atomic mass is 31.2. The lowest BCUT2D eigenvalue weighted by atomic mass is 10.0. The van der Waals surface area contributed by atoms with Crippen molar-refractivity contribution in [1.29, 1.82) is 0 Å². The molecule has 2 aromatic heterocycles. The van der Waals surface area contributed by atoms with E-state index in [0.29, 0.717) is 35.6 Å². The minimum atomic E-state index is -4.62. The maximum absolute atomic E-state index is 13.0. The van der Waals surface area contributed by atoms with Crippen molar-refractivity contribution < 1.29 is 32.2 Å². The largest absolute Gasteiger partial charge is 0.471 e. The van der Waals surface area contributed by atoms with E-state index >= 15 is 0 Å². The quantitative estimate of drug-likeness (QED) is 0.432. The topological polar surface area (TPSA) is 135 Å². The first-order valence-corrected chi connectivity index (χ1v) is 11.2. The van der Waals surface area contributed by atoms with Crippen LogP contribution in [-0.4, -0.2) is 32.7 Å². The van der Waals surface area contributed by atoms with E-state index in [1.54, 1.807) is 30.5 Å². The standard InChI is InChI=1S/C21H21FN3O6P/c22-20-8-7-17(30-20)11-15-5-3-14(4-6-15)10-16-12-19(31-24-16)18-2-1-9-25(21(18)23)13-29-32(26,27)28/h1-9,12,21H,10-11,13,23H2,(H2,26,27,28). The zero-order valence-corrected chi connectivity index (χ0v) is 17.7. The molecule has 1 aliphatic heterocycles. The third-order valence-electron chi connectivity index (χ3n) is 4.86. The lowest BCUT2D eigenvalue weighted by Crippen LogP contribution is -2.41. The molecule has 0 bridgehead atoms. The number of phosphoric ester groups is 1. The first kappa shape index (κ1) is 22.2. The van der Waals surface area contributed by atoms with Crippen LogP contribution in [0.1, 0.15) is 28.3 Å². The fourth-order valence-corrected chi connectivity index (χ4v) is 3.57. The summed E-state index contributed by atoms with van der Waals surface area (Å²) in [5.41, 5.74) is 9.48. The van der Waals surface area contributed by atoms with Gasteiger partial charge in [-0.05, 0) is 23.3 Å². The van der Waals surface area contributed by atoms with E-state index in [1.807, 2.05) is 24.3 Å². The van der Waals surface area contributed by atoms with Crippen molar-refractivity contribution >= 4 is 13.4 Å². The number of aromatic nitrogens is 1. The van der Waals surface area contributed by atoms with E-state index in [2.05, 4.69) is 9.68 Å². The van der Waals surface area contributed by atoms with E-state index in [1.165, 1.54) is 11.0 Å². The van der Waals surface area contributed by atoms with E-state index in [0.717, 1.165) is 11.1 Å². The molecule has 32 heavy (non-hydrogen) atoms. The Balaban J connectivity index is 1.39. The van der Waals surface area contributed by atoms with Crippen LogP contribution < -0.4 is 5.73 Å². The average molecular weight is 461 g/mol. The molecule has 4 N–H and O–H groups in total. The molecule has 3 heterocycles. The maximum atomic E-state index is 13.0. The molecule has 11 heteroatoms. The molecule has 0 fully saturated rings. The molecule has 4 rings (SSSR count). The van der Waals surface area contributed by atoms with Crippen LogP contribution in [0, 0.1) is 6.01 Å². The molecule has 0 saturated carbocycles. The summed E-state index contributed by atoms with van der Waals surface area (Å²) >= 11 is 0. The lowest BCUT2D eigenvalue weighted by Gasteiger charge is -2.30. The van der Waals surface area contributed by atoms with E-state index < -0.39 is 20.0 Å².